The quantitative estimate of drug-likeness (QED) is 0.280. The molecule has 1 fully saturated rings. The van der Waals surface area contributed by atoms with Gasteiger partial charge in [0.2, 0.25) is 5.91 Å². The van der Waals surface area contributed by atoms with Gasteiger partial charge >= 0.3 is 0 Å². The van der Waals surface area contributed by atoms with E-state index in [1.165, 1.54) is 19.2 Å². The third kappa shape index (κ3) is 5.15. The SMILES string of the molecule is COCC(=O)Nc1cc(N2C(=S)N[C@H](c3ccccn3)[C@H]2c2cc(C)n(-c3cccc(F)c3)c2C)ccc1OC. The van der Waals surface area contributed by atoms with Crippen LogP contribution in [0.15, 0.2) is 72.9 Å². The highest BCUT2D eigenvalue weighted by Crippen LogP contribution is 2.45. The molecule has 8 nitrogen and oxygen atoms in total. The van der Waals surface area contributed by atoms with Crippen molar-refractivity contribution in [3.63, 3.8) is 0 Å². The van der Waals surface area contributed by atoms with Crippen LogP contribution in [-0.2, 0) is 9.53 Å². The lowest BCUT2D eigenvalue weighted by Crippen LogP contribution is -2.29. The number of aromatic nitrogens is 2. The average Bonchev–Trinajstić information content (AvgIpc) is 3.44. The molecule has 0 saturated carbocycles. The van der Waals surface area contributed by atoms with Gasteiger partial charge < -0.3 is 29.6 Å². The van der Waals surface area contributed by atoms with Gasteiger partial charge in [0.25, 0.3) is 0 Å². The second kappa shape index (κ2) is 11.4. The van der Waals surface area contributed by atoms with E-state index in [0.29, 0.717) is 16.5 Å². The molecule has 0 radical (unpaired) electrons. The zero-order valence-corrected chi connectivity index (χ0v) is 23.5. The van der Waals surface area contributed by atoms with Crippen molar-refractivity contribution in [1.82, 2.24) is 14.9 Å². The van der Waals surface area contributed by atoms with E-state index in [1.54, 1.807) is 25.4 Å². The van der Waals surface area contributed by atoms with Crippen molar-refractivity contribution >= 4 is 34.6 Å². The summed E-state index contributed by atoms with van der Waals surface area (Å²) in [5.41, 5.74) is 5.73. The number of halogens is 1. The number of nitrogens with one attached hydrogen (secondary N) is 2. The number of anilines is 2. The van der Waals surface area contributed by atoms with Crippen molar-refractivity contribution in [3.05, 3.63) is 101 Å². The number of carbonyl (C=O) groups excluding carboxylic acids is 1. The Hall–Kier alpha value is -4.28. The van der Waals surface area contributed by atoms with Gasteiger partial charge in [-0.1, -0.05) is 12.1 Å². The van der Waals surface area contributed by atoms with Crippen LogP contribution in [-0.4, -0.2) is 41.4 Å². The van der Waals surface area contributed by atoms with Crippen molar-refractivity contribution in [1.29, 1.82) is 0 Å². The van der Waals surface area contributed by atoms with Crippen LogP contribution < -0.4 is 20.3 Å². The summed E-state index contributed by atoms with van der Waals surface area (Å²) in [7, 11) is 3.01. The van der Waals surface area contributed by atoms with Crippen molar-refractivity contribution in [3.8, 4) is 11.4 Å². The van der Waals surface area contributed by atoms with E-state index in [9.17, 15) is 9.18 Å². The fourth-order valence-electron chi connectivity index (χ4n) is 5.31. The average molecular weight is 560 g/mol. The predicted octanol–water partition coefficient (Wildman–Crippen LogP) is 5.40. The highest BCUT2D eigenvalue weighted by molar-refractivity contribution is 7.80. The number of amides is 1. The molecule has 1 aliphatic heterocycles. The molecule has 1 saturated heterocycles. The second-order valence-corrected chi connectivity index (χ2v) is 9.89. The summed E-state index contributed by atoms with van der Waals surface area (Å²) in [5, 5.41) is 6.84. The van der Waals surface area contributed by atoms with Crippen LogP contribution in [0.25, 0.3) is 5.69 Å². The van der Waals surface area contributed by atoms with E-state index in [-0.39, 0.29) is 30.4 Å². The summed E-state index contributed by atoms with van der Waals surface area (Å²) in [5.74, 6) is -0.0976. The molecule has 2 atom stereocenters. The minimum Gasteiger partial charge on any atom is -0.495 e. The molecule has 0 spiro atoms. The summed E-state index contributed by atoms with van der Waals surface area (Å²) in [4.78, 5) is 19.0. The fraction of sp³-hybridized carbons (Fsp3) is 0.233. The smallest absolute Gasteiger partial charge is 0.250 e. The van der Waals surface area contributed by atoms with Crippen LogP contribution >= 0.6 is 12.2 Å². The minimum atomic E-state index is -0.304. The highest BCUT2D eigenvalue weighted by Gasteiger charge is 2.42. The normalized spacial score (nSPS) is 16.6. The molecular formula is C30H30FN5O3S. The largest absolute Gasteiger partial charge is 0.495 e. The molecule has 0 aliphatic carbocycles. The molecule has 206 valence electrons. The molecule has 2 N–H and O–H groups in total. The first-order valence-corrected chi connectivity index (χ1v) is 13.2. The van der Waals surface area contributed by atoms with Crippen LogP contribution in [0.3, 0.4) is 0 Å². The lowest BCUT2D eigenvalue weighted by atomic mass is 9.96. The number of benzene rings is 2. The zero-order chi connectivity index (χ0) is 28.4. The van der Waals surface area contributed by atoms with Gasteiger partial charge in [-0.05, 0) is 86.2 Å². The van der Waals surface area contributed by atoms with Crippen molar-refractivity contribution in [2.45, 2.75) is 25.9 Å². The minimum absolute atomic E-state index is 0.0898. The number of nitrogens with zero attached hydrogens (tertiary/aromatic N) is 3. The maximum atomic E-state index is 14.2. The Morgan fingerprint density at radius 3 is 2.60 bits per heavy atom. The number of ether oxygens (including phenoxy) is 2. The highest BCUT2D eigenvalue weighted by atomic mass is 32.1. The Morgan fingerprint density at radius 1 is 1.07 bits per heavy atom. The number of carbonyl (C=O) groups is 1. The molecule has 0 bridgehead atoms. The maximum Gasteiger partial charge on any atom is 0.250 e. The molecule has 3 heterocycles. The number of hydrogen-bond donors (Lipinski definition) is 2. The van der Waals surface area contributed by atoms with E-state index < -0.39 is 0 Å². The number of thiocarbonyl (C=S) groups is 1. The molecule has 2 aromatic heterocycles. The molecule has 1 aliphatic rings. The Kier molecular flexibility index (Phi) is 7.81. The topological polar surface area (TPSA) is 80.7 Å². The summed E-state index contributed by atoms with van der Waals surface area (Å²) < 4.78 is 26.7. The Balaban J connectivity index is 1.65. The van der Waals surface area contributed by atoms with Gasteiger partial charge in [-0.25, -0.2) is 4.39 Å². The molecule has 1 amide bonds. The summed E-state index contributed by atoms with van der Waals surface area (Å²) in [6, 6.07) is 19.4. The third-order valence-electron chi connectivity index (χ3n) is 6.96. The standard InChI is InChI=1S/C30H30FN5O3S/c1-18-14-23(19(2)35(18)21-9-7-8-20(31)15-21)29-28(24-10-5-6-13-32-24)34-30(40)36(29)22-11-12-26(39-4)25(16-22)33-27(37)17-38-3/h5-16,28-29H,17H2,1-4H3,(H,33,37)(H,34,40)/t28-,29-/m1/s1. The van der Waals surface area contributed by atoms with E-state index in [0.717, 1.165) is 34.0 Å². The van der Waals surface area contributed by atoms with Gasteiger partial charge in [-0.2, -0.15) is 0 Å². The van der Waals surface area contributed by atoms with Gasteiger partial charge in [-0.3, -0.25) is 9.78 Å². The van der Waals surface area contributed by atoms with Crippen LogP contribution in [0.1, 0.15) is 34.7 Å². The van der Waals surface area contributed by atoms with E-state index in [1.807, 2.05) is 59.7 Å². The van der Waals surface area contributed by atoms with E-state index in [2.05, 4.69) is 21.7 Å². The van der Waals surface area contributed by atoms with Gasteiger partial charge in [0.05, 0.1) is 30.6 Å². The Morgan fingerprint density at radius 2 is 1.90 bits per heavy atom. The summed E-state index contributed by atoms with van der Waals surface area (Å²) in [6.45, 7) is 3.93. The number of rotatable bonds is 8. The maximum absolute atomic E-state index is 14.2. The van der Waals surface area contributed by atoms with Crippen LogP contribution in [0.2, 0.25) is 0 Å². The van der Waals surface area contributed by atoms with E-state index in [4.69, 9.17) is 21.7 Å². The third-order valence-corrected chi connectivity index (χ3v) is 7.28. The monoisotopic (exact) mass is 559 g/mol. The molecule has 2 aromatic carbocycles. The molecular weight excluding hydrogens is 529 g/mol. The van der Waals surface area contributed by atoms with Gasteiger partial charge in [-0.15, -0.1) is 0 Å². The number of hydrogen-bond acceptors (Lipinski definition) is 5. The van der Waals surface area contributed by atoms with Crippen LogP contribution in [0.5, 0.6) is 5.75 Å². The molecule has 0 unspecified atom stereocenters. The second-order valence-electron chi connectivity index (χ2n) is 9.50. The number of methoxy groups -OCH3 is 2. The Labute approximate surface area is 237 Å². The lowest BCUT2D eigenvalue weighted by molar-refractivity contribution is -0.119. The first kappa shape index (κ1) is 27.3. The Bertz CT molecular complexity index is 1560. The van der Waals surface area contributed by atoms with Gasteiger partial charge in [0.1, 0.15) is 18.2 Å². The van der Waals surface area contributed by atoms with Crippen molar-refractivity contribution in [2.24, 2.45) is 0 Å². The number of pyridine rings is 1. The molecule has 5 rings (SSSR count). The van der Waals surface area contributed by atoms with Gasteiger partial charge in [0, 0.05) is 36.1 Å². The first-order chi connectivity index (χ1) is 19.3. The zero-order valence-electron chi connectivity index (χ0n) is 22.6. The molecule has 40 heavy (non-hydrogen) atoms. The van der Waals surface area contributed by atoms with E-state index >= 15 is 0 Å². The molecule has 10 heteroatoms. The summed E-state index contributed by atoms with van der Waals surface area (Å²) in [6.07, 6.45) is 1.76. The predicted molar refractivity (Wildman–Crippen MR) is 157 cm³/mol. The van der Waals surface area contributed by atoms with Crippen LogP contribution in [0.4, 0.5) is 15.8 Å². The molecule has 4 aromatic rings. The summed E-state index contributed by atoms with van der Waals surface area (Å²) >= 11 is 5.90. The first-order valence-electron chi connectivity index (χ1n) is 12.7. The fourth-order valence-corrected chi connectivity index (χ4v) is 5.66. The number of aryl methyl sites for hydroxylation is 1. The van der Waals surface area contributed by atoms with Crippen molar-refractivity contribution in [2.75, 3.05) is 31.0 Å². The lowest BCUT2D eigenvalue weighted by Gasteiger charge is -2.29. The van der Waals surface area contributed by atoms with Gasteiger partial charge in [0.15, 0.2) is 5.11 Å². The van der Waals surface area contributed by atoms with Crippen LogP contribution in [0, 0.1) is 19.7 Å². The van der Waals surface area contributed by atoms with Crippen molar-refractivity contribution < 1.29 is 18.7 Å².